The van der Waals surface area contributed by atoms with E-state index in [0.717, 1.165) is 99.9 Å². The van der Waals surface area contributed by atoms with Gasteiger partial charge in [-0.3, -0.25) is 28.8 Å². The SMILES string of the molecule is Cc1ccc2[nH]c(C)c(CC(=O)[C@@](N)(CCCCN)C(=O)Nc3ccc(C(c4ccc(NC(=O)[C@](N)(CCCCN)C(=O)Cc5c(C)[nH]c6ccc(C)cc56)cc4)c4ccc(NC(=O)[C@](N)(CCCCN)C(=O)Cc5c(C)[nH]c6ccc(C)cc56)cc4)cc3)c2c1.Cl. The Balaban J connectivity index is 0.0000109. The fourth-order valence-electron chi connectivity index (χ4n) is 12.5. The molecule has 92 heavy (non-hydrogen) atoms. The van der Waals surface area contributed by atoms with Crippen molar-refractivity contribution in [2.45, 2.75) is 141 Å². The third kappa shape index (κ3) is 15.1. The van der Waals surface area contributed by atoms with Crippen LogP contribution in [0, 0.1) is 41.5 Å². The van der Waals surface area contributed by atoms with Crippen LogP contribution in [0.1, 0.15) is 131 Å². The standard InChI is InChI=1S/C73H88N12O6.ClH/c1-43-13-28-61-58(37-43)55(46(4)80-61)40-64(86)71(77,31-7-10-34-74)68(89)83-52-22-16-49(17-23-52)67(50-18-24-53(25-19-50)84-69(90)72(78,32-8-11-35-75)65(87)41-56-47(5)81-62-29-14-44(2)38-59(56)62)51-20-26-54(27-21-51)85-70(91)73(79,33-9-12-36-76)66(88)42-57-48(6)82-63-30-15-45(3)39-60(57)63;/h13-30,37-39,67,80-82H,7-12,31-36,40-42,74-79H2,1-6H3,(H,83,89)(H,84,90)(H,85,91);1H/t71-,72-,73-;/m0./s1. The number of anilines is 3. The van der Waals surface area contributed by atoms with Gasteiger partial charge in [-0.1, -0.05) is 71.3 Å². The molecule has 0 fully saturated rings. The monoisotopic (exact) mass is 1260 g/mol. The van der Waals surface area contributed by atoms with Crippen molar-refractivity contribution in [1.29, 1.82) is 0 Å². The molecule has 18 nitrogen and oxygen atoms in total. The number of halogens is 1. The predicted octanol–water partition coefficient (Wildman–Crippen LogP) is 10.3. The number of carbonyl (C=O) groups is 6. The summed E-state index contributed by atoms with van der Waals surface area (Å²) in [5.74, 6) is -3.66. The van der Waals surface area contributed by atoms with E-state index in [1.54, 1.807) is 36.4 Å². The molecule has 484 valence electrons. The van der Waals surface area contributed by atoms with Gasteiger partial charge in [-0.15, -0.1) is 12.4 Å². The first-order valence-corrected chi connectivity index (χ1v) is 31.5. The molecule has 19 heteroatoms. The minimum absolute atomic E-state index is 0. The van der Waals surface area contributed by atoms with Crippen molar-refractivity contribution in [2.24, 2.45) is 34.4 Å². The van der Waals surface area contributed by atoms with Crippen molar-refractivity contribution in [3.63, 3.8) is 0 Å². The average Bonchev–Trinajstić information content (AvgIpc) is 1.51. The second-order valence-electron chi connectivity index (χ2n) is 24.9. The number of Topliss-reactive ketones (excluding diaryl/α,β-unsaturated/α-hetero) is 3. The van der Waals surface area contributed by atoms with Gasteiger partial charge >= 0.3 is 0 Å². The summed E-state index contributed by atoms with van der Waals surface area (Å²) < 4.78 is 0. The van der Waals surface area contributed by atoms with E-state index in [9.17, 15) is 28.8 Å². The highest BCUT2D eigenvalue weighted by atomic mass is 35.5. The van der Waals surface area contributed by atoms with Crippen molar-refractivity contribution < 1.29 is 28.8 Å². The summed E-state index contributed by atoms with van der Waals surface area (Å²) >= 11 is 0. The first-order chi connectivity index (χ1) is 43.5. The Labute approximate surface area is 544 Å². The molecule has 3 atom stereocenters. The number of unbranched alkanes of at least 4 members (excludes halogenated alkanes) is 3. The minimum atomic E-state index is -1.88. The number of aryl methyl sites for hydroxylation is 6. The summed E-state index contributed by atoms with van der Waals surface area (Å²) in [5.41, 5.74) is 47.1. The maximum Gasteiger partial charge on any atom is 0.252 e. The summed E-state index contributed by atoms with van der Waals surface area (Å²) in [4.78, 5) is 96.8. The first kappa shape index (κ1) is 69.3. The van der Waals surface area contributed by atoms with Crippen LogP contribution in [0.15, 0.2) is 127 Å². The number of ketones is 3. The van der Waals surface area contributed by atoms with E-state index >= 15 is 0 Å². The number of H-pyrrole nitrogens is 3. The van der Waals surface area contributed by atoms with Gasteiger partial charge < -0.3 is 65.3 Å². The quantitative estimate of drug-likeness (QED) is 0.0114. The van der Waals surface area contributed by atoms with Crippen molar-refractivity contribution in [1.82, 2.24) is 15.0 Å². The third-order valence-electron chi connectivity index (χ3n) is 18.1. The number of aromatic amines is 3. The second-order valence-corrected chi connectivity index (χ2v) is 24.9. The Morgan fingerprint density at radius 1 is 0.380 bits per heavy atom. The minimum Gasteiger partial charge on any atom is -0.358 e. The lowest BCUT2D eigenvalue weighted by atomic mass is 9.83. The summed E-state index contributed by atoms with van der Waals surface area (Å²) in [6.07, 6.45) is 3.21. The molecule has 3 amide bonds. The zero-order chi connectivity index (χ0) is 65.4. The number of carbonyl (C=O) groups excluding carboxylic acids is 6. The number of nitrogens with two attached hydrogens (primary N) is 6. The third-order valence-corrected chi connectivity index (χ3v) is 18.1. The molecule has 0 radical (unpaired) electrons. The highest BCUT2D eigenvalue weighted by Crippen LogP contribution is 2.36. The number of amides is 3. The molecule has 0 saturated heterocycles. The summed E-state index contributed by atoms with van der Waals surface area (Å²) in [6.45, 7) is 12.8. The average molecular weight is 1270 g/mol. The van der Waals surface area contributed by atoms with Crippen LogP contribution in [0.4, 0.5) is 17.1 Å². The summed E-state index contributed by atoms with van der Waals surface area (Å²) in [6, 6.07) is 39.7. The van der Waals surface area contributed by atoms with Gasteiger partial charge in [0.2, 0.25) is 0 Å². The molecule has 0 aliphatic heterocycles. The lowest BCUT2D eigenvalue weighted by molar-refractivity contribution is -0.134. The molecule has 9 aromatic rings. The lowest BCUT2D eigenvalue weighted by Crippen LogP contribution is -2.58. The lowest BCUT2D eigenvalue weighted by Gasteiger charge is -2.28. The molecule has 0 saturated carbocycles. The van der Waals surface area contributed by atoms with Crippen LogP contribution in [-0.4, -0.2) is 86.3 Å². The maximum atomic E-state index is 14.5. The van der Waals surface area contributed by atoms with Gasteiger partial charge in [0.05, 0.1) is 0 Å². The predicted molar refractivity (Wildman–Crippen MR) is 372 cm³/mol. The number of rotatable bonds is 30. The van der Waals surface area contributed by atoms with E-state index in [4.69, 9.17) is 34.4 Å². The molecular weight excluding hydrogens is 1180 g/mol. The van der Waals surface area contributed by atoms with Crippen LogP contribution in [-0.2, 0) is 48.0 Å². The van der Waals surface area contributed by atoms with Gasteiger partial charge in [0.15, 0.2) is 34.0 Å². The van der Waals surface area contributed by atoms with Crippen molar-refractivity contribution in [3.05, 3.63) is 195 Å². The van der Waals surface area contributed by atoms with Gasteiger partial charge in [-0.2, -0.15) is 0 Å². The highest BCUT2D eigenvalue weighted by Gasteiger charge is 2.44. The largest absolute Gasteiger partial charge is 0.358 e. The molecule has 0 aliphatic carbocycles. The van der Waals surface area contributed by atoms with Crippen LogP contribution in [0.25, 0.3) is 32.7 Å². The zero-order valence-corrected chi connectivity index (χ0v) is 54.4. The van der Waals surface area contributed by atoms with Crippen molar-refractivity contribution in [3.8, 4) is 0 Å². The van der Waals surface area contributed by atoms with Crippen LogP contribution < -0.4 is 50.4 Å². The fourth-order valence-corrected chi connectivity index (χ4v) is 12.5. The molecular formula is C73H89ClN12O6. The molecule has 3 heterocycles. The van der Waals surface area contributed by atoms with Crippen molar-refractivity contribution >= 4 is 97.2 Å². The Morgan fingerprint density at radius 2 is 0.630 bits per heavy atom. The van der Waals surface area contributed by atoms with Gasteiger partial charge in [0.25, 0.3) is 17.7 Å². The Kier molecular flexibility index (Phi) is 22.4. The summed E-state index contributed by atoms with van der Waals surface area (Å²) in [7, 11) is 0. The number of fused-ring (bicyclic) bond motifs is 3. The molecule has 0 spiro atoms. The highest BCUT2D eigenvalue weighted by molar-refractivity contribution is 6.18. The Morgan fingerprint density at radius 3 is 0.870 bits per heavy atom. The number of nitrogens with one attached hydrogen (secondary N) is 6. The smallest absolute Gasteiger partial charge is 0.252 e. The van der Waals surface area contributed by atoms with Crippen LogP contribution >= 0.6 is 12.4 Å². The van der Waals surface area contributed by atoms with Crippen LogP contribution in [0.5, 0.6) is 0 Å². The number of aromatic nitrogens is 3. The van der Waals surface area contributed by atoms with Gasteiger partial charge in [0, 0.05) is 92.0 Å². The maximum absolute atomic E-state index is 14.5. The van der Waals surface area contributed by atoms with Crippen LogP contribution in [0.2, 0.25) is 0 Å². The molecule has 0 bridgehead atoms. The molecule has 6 aromatic carbocycles. The van der Waals surface area contributed by atoms with E-state index in [2.05, 4.69) is 30.9 Å². The fraction of sp³-hybridized carbons (Fsp3) is 0.342. The van der Waals surface area contributed by atoms with E-state index in [-0.39, 0.29) is 50.9 Å². The van der Waals surface area contributed by atoms with Gasteiger partial charge in [-0.25, -0.2) is 0 Å². The van der Waals surface area contributed by atoms with Gasteiger partial charge in [-0.05, 0) is 225 Å². The van der Waals surface area contributed by atoms with E-state index < -0.39 is 57.6 Å². The molecule has 0 unspecified atom stereocenters. The van der Waals surface area contributed by atoms with E-state index in [1.165, 1.54) is 0 Å². The Hall–Kier alpha value is -8.59. The summed E-state index contributed by atoms with van der Waals surface area (Å²) in [5, 5.41) is 11.6. The molecule has 9 rings (SSSR count). The van der Waals surface area contributed by atoms with E-state index in [1.807, 2.05) is 133 Å². The molecule has 0 aliphatic rings. The van der Waals surface area contributed by atoms with Crippen LogP contribution in [0.3, 0.4) is 0 Å². The first-order valence-electron chi connectivity index (χ1n) is 31.5. The van der Waals surface area contributed by atoms with Crippen molar-refractivity contribution in [2.75, 3.05) is 35.6 Å². The zero-order valence-electron chi connectivity index (χ0n) is 53.6. The normalized spacial score (nSPS) is 13.5. The van der Waals surface area contributed by atoms with Gasteiger partial charge in [0.1, 0.15) is 0 Å². The molecule has 3 aromatic heterocycles. The second kappa shape index (κ2) is 29.8. The van der Waals surface area contributed by atoms with E-state index in [0.29, 0.717) is 75.2 Å². The number of benzene rings is 6. The number of hydrogen-bond acceptors (Lipinski definition) is 12. The Bertz CT molecular complexity index is 3730. The number of hydrogen-bond donors (Lipinski definition) is 12. The topological polar surface area (TPSA) is 342 Å². The molecule has 18 N–H and O–H groups in total.